The van der Waals surface area contributed by atoms with Crippen LogP contribution in [0.5, 0.6) is 0 Å². The van der Waals surface area contributed by atoms with Gasteiger partial charge >= 0.3 is 0 Å². The van der Waals surface area contributed by atoms with Crippen molar-refractivity contribution < 1.29 is 0 Å². The second-order valence-electron chi connectivity index (χ2n) is 6.50. The highest BCUT2D eigenvalue weighted by Crippen LogP contribution is 2.40. The predicted octanol–water partition coefficient (Wildman–Crippen LogP) is 5.71. The van der Waals surface area contributed by atoms with Gasteiger partial charge in [0.05, 0.1) is 17.3 Å². The fourth-order valence-corrected chi connectivity index (χ4v) is 3.66. The molecule has 1 aliphatic heterocycles. The van der Waals surface area contributed by atoms with Gasteiger partial charge in [0.25, 0.3) is 0 Å². The fourth-order valence-electron chi connectivity index (χ4n) is 3.66. The number of aliphatic imine (C=N–C) groups is 1. The maximum absolute atomic E-state index is 9.15. The number of H-pyrrole nitrogens is 1. The van der Waals surface area contributed by atoms with Gasteiger partial charge in [0, 0.05) is 45.6 Å². The first kappa shape index (κ1) is 15.4. The van der Waals surface area contributed by atoms with Gasteiger partial charge in [-0.15, -0.1) is 0 Å². The van der Waals surface area contributed by atoms with Crippen molar-refractivity contribution in [2.75, 3.05) is 0 Å². The summed E-state index contributed by atoms with van der Waals surface area (Å²) in [6, 6.07) is 26.4. The van der Waals surface area contributed by atoms with Crippen molar-refractivity contribution in [2.45, 2.75) is 0 Å². The molecule has 0 atom stereocenters. The minimum Gasteiger partial charge on any atom is -0.361 e. The van der Waals surface area contributed by atoms with Crippen LogP contribution in [-0.4, -0.2) is 11.2 Å². The van der Waals surface area contributed by atoms with Crippen molar-refractivity contribution in [3.63, 3.8) is 0 Å². The molecule has 27 heavy (non-hydrogen) atoms. The molecule has 0 spiro atoms. The molecular formula is C24H15N3. The second-order valence-corrected chi connectivity index (χ2v) is 6.50. The molecule has 1 N–H and O–H groups in total. The van der Waals surface area contributed by atoms with Gasteiger partial charge in [0.15, 0.2) is 0 Å². The lowest BCUT2D eigenvalue weighted by atomic mass is 9.90. The average Bonchev–Trinajstić information content (AvgIpc) is 3.34. The van der Waals surface area contributed by atoms with Gasteiger partial charge in [-0.2, -0.15) is 5.26 Å². The Hall–Kier alpha value is -3.90. The highest BCUT2D eigenvalue weighted by atomic mass is 14.8. The van der Waals surface area contributed by atoms with Gasteiger partial charge in [-0.1, -0.05) is 48.5 Å². The molecular weight excluding hydrogens is 330 g/mol. The molecule has 3 heteroatoms. The zero-order chi connectivity index (χ0) is 18.2. The topological polar surface area (TPSA) is 51.9 Å². The third kappa shape index (κ3) is 2.47. The van der Waals surface area contributed by atoms with Crippen molar-refractivity contribution in [3.05, 3.63) is 101 Å². The van der Waals surface area contributed by atoms with Gasteiger partial charge in [0.2, 0.25) is 0 Å². The zero-order valence-electron chi connectivity index (χ0n) is 14.5. The van der Waals surface area contributed by atoms with Crippen molar-refractivity contribution in [1.29, 1.82) is 5.26 Å². The van der Waals surface area contributed by atoms with Crippen molar-refractivity contribution >= 4 is 34.0 Å². The van der Waals surface area contributed by atoms with E-state index in [1.165, 1.54) is 5.39 Å². The van der Waals surface area contributed by atoms with Crippen LogP contribution in [0.4, 0.5) is 5.69 Å². The molecule has 2 heterocycles. The van der Waals surface area contributed by atoms with E-state index in [4.69, 9.17) is 5.26 Å². The van der Waals surface area contributed by atoms with E-state index in [2.05, 4.69) is 46.5 Å². The molecule has 0 fully saturated rings. The van der Waals surface area contributed by atoms with Crippen LogP contribution in [-0.2, 0) is 0 Å². The Morgan fingerprint density at radius 3 is 2.52 bits per heavy atom. The minimum absolute atomic E-state index is 0.655. The SMILES string of the molecule is N#Cc1ccc(/C(=C2/C=Nc3ccccc32)c2c[nH]c3ccccc23)cc1. The Balaban J connectivity index is 1.83. The van der Waals surface area contributed by atoms with Crippen LogP contribution in [0.15, 0.2) is 84.0 Å². The number of fused-ring (bicyclic) bond motifs is 2. The summed E-state index contributed by atoms with van der Waals surface area (Å²) >= 11 is 0. The van der Waals surface area contributed by atoms with E-state index in [1.807, 2.05) is 54.7 Å². The lowest BCUT2D eigenvalue weighted by molar-refractivity contribution is 1.45. The van der Waals surface area contributed by atoms with E-state index in [-0.39, 0.29) is 0 Å². The Morgan fingerprint density at radius 1 is 0.889 bits per heavy atom. The van der Waals surface area contributed by atoms with Crippen LogP contribution in [0, 0.1) is 11.3 Å². The van der Waals surface area contributed by atoms with Crippen LogP contribution >= 0.6 is 0 Å². The molecule has 0 radical (unpaired) electrons. The highest BCUT2D eigenvalue weighted by molar-refractivity contribution is 6.27. The number of benzene rings is 3. The standard InChI is InChI=1S/C24H15N3/c25-13-16-9-11-17(12-10-16)24(20-14-26-22-7-3-1-5-18(20)22)21-15-27-23-8-4-2-6-19(21)23/h1-12,14-15,26H/b24-21+. The van der Waals surface area contributed by atoms with Gasteiger partial charge in [-0.25, -0.2) is 0 Å². The number of aromatic nitrogens is 1. The molecule has 1 aliphatic rings. The fraction of sp³-hybridized carbons (Fsp3) is 0. The average molecular weight is 345 g/mol. The summed E-state index contributed by atoms with van der Waals surface area (Å²) in [7, 11) is 0. The number of nitriles is 1. The van der Waals surface area contributed by atoms with Gasteiger partial charge in [0.1, 0.15) is 0 Å². The number of rotatable bonds is 2. The molecule has 4 aromatic rings. The lowest BCUT2D eigenvalue weighted by Crippen LogP contribution is -1.94. The van der Waals surface area contributed by atoms with E-state index in [0.717, 1.165) is 39.0 Å². The molecule has 3 aromatic carbocycles. The number of nitrogens with zero attached hydrogens (tertiary/aromatic N) is 2. The van der Waals surface area contributed by atoms with E-state index >= 15 is 0 Å². The van der Waals surface area contributed by atoms with Crippen molar-refractivity contribution in [1.82, 2.24) is 4.98 Å². The maximum atomic E-state index is 9.15. The zero-order valence-corrected chi connectivity index (χ0v) is 14.5. The van der Waals surface area contributed by atoms with Crippen molar-refractivity contribution in [2.24, 2.45) is 4.99 Å². The molecule has 0 saturated heterocycles. The normalized spacial score (nSPS) is 14.2. The molecule has 0 unspecified atom stereocenters. The third-order valence-corrected chi connectivity index (χ3v) is 4.96. The molecule has 126 valence electrons. The first-order chi connectivity index (χ1) is 13.3. The summed E-state index contributed by atoms with van der Waals surface area (Å²) in [5.74, 6) is 0. The van der Waals surface area contributed by atoms with E-state index < -0.39 is 0 Å². The lowest BCUT2D eigenvalue weighted by Gasteiger charge is -2.12. The molecule has 0 saturated carbocycles. The summed E-state index contributed by atoms with van der Waals surface area (Å²) in [4.78, 5) is 7.98. The first-order valence-corrected chi connectivity index (χ1v) is 8.80. The van der Waals surface area contributed by atoms with Crippen LogP contribution in [0.1, 0.15) is 22.3 Å². The number of aromatic amines is 1. The summed E-state index contributed by atoms with van der Waals surface area (Å²) < 4.78 is 0. The third-order valence-electron chi connectivity index (χ3n) is 4.96. The van der Waals surface area contributed by atoms with Gasteiger partial charge in [-0.05, 0) is 29.8 Å². The molecule has 0 aliphatic carbocycles. The van der Waals surface area contributed by atoms with Crippen LogP contribution in [0.3, 0.4) is 0 Å². The van der Waals surface area contributed by atoms with E-state index in [9.17, 15) is 0 Å². The largest absolute Gasteiger partial charge is 0.361 e. The van der Waals surface area contributed by atoms with Crippen LogP contribution in [0.2, 0.25) is 0 Å². The number of hydrogen-bond donors (Lipinski definition) is 1. The number of hydrogen-bond acceptors (Lipinski definition) is 2. The predicted molar refractivity (Wildman–Crippen MR) is 110 cm³/mol. The van der Waals surface area contributed by atoms with E-state index in [1.54, 1.807) is 0 Å². The molecule has 1 aromatic heterocycles. The first-order valence-electron chi connectivity index (χ1n) is 8.80. The Bertz CT molecular complexity index is 1260. The maximum Gasteiger partial charge on any atom is 0.0991 e. The Kier molecular flexibility index (Phi) is 3.48. The van der Waals surface area contributed by atoms with Gasteiger partial charge < -0.3 is 4.98 Å². The Morgan fingerprint density at radius 2 is 1.67 bits per heavy atom. The quantitative estimate of drug-likeness (QED) is 0.497. The highest BCUT2D eigenvalue weighted by Gasteiger charge is 2.20. The van der Waals surface area contributed by atoms with Gasteiger partial charge in [-0.3, -0.25) is 4.99 Å². The monoisotopic (exact) mass is 345 g/mol. The van der Waals surface area contributed by atoms with Crippen LogP contribution < -0.4 is 0 Å². The minimum atomic E-state index is 0.655. The van der Waals surface area contributed by atoms with Crippen molar-refractivity contribution in [3.8, 4) is 6.07 Å². The molecule has 0 amide bonds. The number of para-hydroxylation sites is 2. The molecule has 5 rings (SSSR count). The summed E-state index contributed by atoms with van der Waals surface area (Å²) in [6.45, 7) is 0. The summed E-state index contributed by atoms with van der Waals surface area (Å²) in [6.07, 6.45) is 4.00. The number of allylic oxidation sites excluding steroid dienone is 1. The molecule has 3 nitrogen and oxygen atoms in total. The summed E-state index contributed by atoms with van der Waals surface area (Å²) in [5, 5.41) is 10.3. The smallest absolute Gasteiger partial charge is 0.0991 e. The van der Waals surface area contributed by atoms with Crippen LogP contribution in [0.25, 0.3) is 22.0 Å². The Labute approximate surface area is 156 Å². The summed E-state index contributed by atoms with van der Waals surface area (Å²) in [5.41, 5.74) is 8.28. The second kappa shape index (κ2) is 6.12. The molecule has 0 bridgehead atoms. The van der Waals surface area contributed by atoms with E-state index in [0.29, 0.717) is 5.56 Å². The number of nitrogens with one attached hydrogen (secondary N) is 1.